The lowest BCUT2D eigenvalue weighted by Crippen LogP contribution is -2.43. The number of hydrogen-bond acceptors (Lipinski definition) is 4. The van der Waals surface area contributed by atoms with Gasteiger partial charge in [-0.1, -0.05) is 24.3 Å². The van der Waals surface area contributed by atoms with E-state index in [0.717, 1.165) is 11.4 Å². The van der Waals surface area contributed by atoms with Gasteiger partial charge in [0.15, 0.2) is 0 Å². The Labute approximate surface area is 112 Å². The number of hydrogen-bond donors (Lipinski definition) is 2. The maximum atomic E-state index is 9.23. The number of nitrogens with zero attached hydrogens (tertiary/aromatic N) is 2. The highest BCUT2D eigenvalue weighted by atomic mass is 16.3. The molecule has 0 spiro atoms. The van der Waals surface area contributed by atoms with E-state index in [4.69, 9.17) is 0 Å². The van der Waals surface area contributed by atoms with Crippen LogP contribution >= 0.6 is 0 Å². The van der Waals surface area contributed by atoms with Crippen molar-refractivity contribution in [2.24, 2.45) is 0 Å². The fourth-order valence-electron chi connectivity index (χ4n) is 2.81. The molecule has 0 saturated carbocycles. The number of benzene rings is 2. The molecule has 0 amide bonds. The summed E-state index contributed by atoms with van der Waals surface area (Å²) in [6.45, 7) is 2.18. The fraction of sp³-hybridized carbons (Fsp3) is 0.333. The minimum absolute atomic E-state index is 0.130. The summed E-state index contributed by atoms with van der Waals surface area (Å²) in [5, 5.41) is 20.9. The van der Waals surface area contributed by atoms with Crippen molar-refractivity contribution in [1.29, 1.82) is 0 Å². The van der Waals surface area contributed by atoms with Crippen LogP contribution in [0.25, 0.3) is 10.8 Å². The molecule has 0 saturated heterocycles. The minimum atomic E-state index is 0.130. The summed E-state index contributed by atoms with van der Waals surface area (Å²) in [6.07, 6.45) is 0. The summed E-state index contributed by atoms with van der Waals surface area (Å²) in [7, 11) is 0. The van der Waals surface area contributed by atoms with Gasteiger partial charge in [-0.2, -0.15) is 0 Å². The molecule has 0 unspecified atom stereocenters. The molecule has 1 aliphatic rings. The summed E-state index contributed by atoms with van der Waals surface area (Å²) in [4.78, 5) is 4.32. The topological polar surface area (TPSA) is 46.9 Å². The Bertz CT molecular complexity index is 539. The van der Waals surface area contributed by atoms with Gasteiger partial charge < -0.3 is 20.0 Å². The van der Waals surface area contributed by atoms with Crippen molar-refractivity contribution in [3.63, 3.8) is 0 Å². The Kier molecular flexibility index (Phi) is 3.27. The molecule has 19 heavy (non-hydrogen) atoms. The van der Waals surface area contributed by atoms with Gasteiger partial charge in [-0.3, -0.25) is 0 Å². The van der Waals surface area contributed by atoms with Crippen molar-refractivity contribution in [3.8, 4) is 0 Å². The highest BCUT2D eigenvalue weighted by Gasteiger charge is 2.22. The molecule has 4 nitrogen and oxygen atoms in total. The van der Waals surface area contributed by atoms with Gasteiger partial charge in [-0.15, -0.1) is 0 Å². The van der Waals surface area contributed by atoms with Crippen LogP contribution in [-0.2, 0) is 0 Å². The normalized spacial score (nSPS) is 14.2. The highest BCUT2D eigenvalue weighted by molar-refractivity contribution is 6.05. The van der Waals surface area contributed by atoms with E-state index < -0.39 is 0 Å². The van der Waals surface area contributed by atoms with Crippen molar-refractivity contribution in [1.82, 2.24) is 0 Å². The highest BCUT2D eigenvalue weighted by Crippen LogP contribution is 2.38. The van der Waals surface area contributed by atoms with Gasteiger partial charge >= 0.3 is 0 Å². The van der Waals surface area contributed by atoms with Crippen molar-refractivity contribution < 1.29 is 10.2 Å². The van der Waals surface area contributed by atoms with Crippen LogP contribution < -0.4 is 9.80 Å². The molecular formula is C15H18N2O2. The van der Waals surface area contributed by atoms with Crippen LogP contribution in [0.5, 0.6) is 0 Å². The summed E-state index contributed by atoms with van der Waals surface area (Å²) in [5.41, 5.74) is 2.33. The maximum Gasteiger partial charge on any atom is 0.0905 e. The van der Waals surface area contributed by atoms with Crippen LogP contribution in [-0.4, -0.2) is 43.2 Å². The van der Waals surface area contributed by atoms with Crippen molar-refractivity contribution in [3.05, 3.63) is 36.4 Å². The molecule has 2 aromatic carbocycles. The average molecular weight is 258 g/mol. The van der Waals surface area contributed by atoms with Crippen LogP contribution in [0.2, 0.25) is 0 Å². The Morgan fingerprint density at radius 3 is 1.84 bits per heavy atom. The smallest absolute Gasteiger partial charge is 0.0905 e. The van der Waals surface area contributed by atoms with E-state index in [-0.39, 0.29) is 13.2 Å². The van der Waals surface area contributed by atoms with E-state index in [2.05, 4.69) is 34.1 Å². The molecule has 2 N–H and O–H groups in total. The molecule has 0 aliphatic carbocycles. The van der Waals surface area contributed by atoms with E-state index in [1.165, 1.54) is 10.8 Å². The second-order valence-corrected chi connectivity index (χ2v) is 4.77. The zero-order valence-electron chi connectivity index (χ0n) is 10.8. The van der Waals surface area contributed by atoms with Gasteiger partial charge in [0.05, 0.1) is 19.9 Å². The monoisotopic (exact) mass is 258 g/mol. The summed E-state index contributed by atoms with van der Waals surface area (Å²) < 4.78 is 0. The Morgan fingerprint density at radius 1 is 0.842 bits per heavy atom. The van der Waals surface area contributed by atoms with E-state index in [1.54, 1.807) is 0 Å². The fourth-order valence-corrected chi connectivity index (χ4v) is 2.81. The van der Waals surface area contributed by atoms with E-state index in [1.807, 2.05) is 12.1 Å². The third kappa shape index (κ3) is 2.03. The number of anilines is 2. The molecule has 4 heteroatoms. The molecule has 0 radical (unpaired) electrons. The van der Waals surface area contributed by atoms with Crippen LogP contribution in [0.4, 0.5) is 11.4 Å². The number of rotatable bonds is 4. The van der Waals surface area contributed by atoms with Crippen molar-refractivity contribution in [2.45, 2.75) is 0 Å². The molecule has 0 atom stereocenters. The molecule has 0 fully saturated rings. The van der Waals surface area contributed by atoms with E-state index >= 15 is 0 Å². The van der Waals surface area contributed by atoms with Crippen molar-refractivity contribution >= 4 is 22.1 Å². The molecule has 0 aromatic heterocycles. The first-order chi connectivity index (χ1) is 9.35. The predicted molar refractivity (Wildman–Crippen MR) is 77.7 cm³/mol. The maximum absolute atomic E-state index is 9.23. The Morgan fingerprint density at radius 2 is 1.37 bits per heavy atom. The van der Waals surface area contributed by atoms with Gasteiger partial charge in [0.25, 0.3) is 0 Å². The first-order valence-corrected chi connectivity index (χ1v) is 6.58. The zero-order valence-corrected chi connectivity index (χ0v) is 10.8. The lowest BCUT2D eigenvalue weighted by atomic mass is 10.0. The van der Waals surface area contributed by atoms with Gasteiger partial charge in [-0.25, -0.2) is 0 Å². The Hall–Kier alpha value is -1.78. The number of aliphatic hydroxyl groups is 2. The summed E-state index contributed by atoms with van der Waals surface area (Å²) in [5.74, 6) is 0. The summed E-state index contributed by atoms with van der Waals surface area (Å²) >= 11 is 0. The molecule has 2 aromatic rings. The van der Waals surface area contributed by atoms with Gasteiger partial charge in [0.1, 0.15) is 0 Å². The van der Waals surface area contributed by atoms with Crippen LogP contribution in [0.15, 0.2) is 36.4 Å². The van der Waals surface area contributed by atoms with Gasteiger partial charge in [-0.05, 0) is 17.5 Å². The van der Waals surface area contributed by atoms with Crippen LogP contribution in [0, 0.1) is 0 Å². The second kappa shape index (κ2) is 5.07. The molecule has 100 valence electrons. The quantitative estimate of drug-likeness (QED) is 0.870. The molecule has 1 aliphatic heterocycles. The largest absolute Gasteiger partial charge is 0.395 e. The lowest BCUT2D eigenvalue weighted by molar-refractivity contribution is 0.294. The molecule has 0 bridgehead atoms. The standard InChI is InChI=1S/C15H18N2O2/c18-9-7-16-11-17(8-10-19)14-6-2-4-12-3-1-5-13(16)15(12)14/h1-6,18-19H,7-11H2. The lowest BCUT2D eigenvalue weighted by Gasteiger charge is -2.39. The molecular weight excluding hydrogens is 240 g/mol. The third-order valence-corrected chi connectivity index (χ3v) is 3.62. The van der Waals surface area contributed by atoms with E-state index in [9.17, 15) is 10.2 Å². The first kappa shape index (κ1) is 12.3. The SMILES string of the molecule is OCCN1CN(CCO)c2cccc3cccc1c23. The van der Waals surface area contributed by atoms with Gasteiger partial charge in [0.2, 0.25) is 0 Å². The molecule has 3 rings (SSSR count). The summed E-state index contributed by atoms with van der Waals surface area (Å²) in [6, 6.07) is 12.5. The average Bonchev–Trinajstić information content (AvgIpc) is 2.44. The van der Waals surface area contributed by atoms with Crippen LogP contribution in [0.3, 0.4) is 0 Å². The zero-order chi connectivity index (χ0) is 13.2. The Balaban J connectivity index is 2.18. The van der Waals surface area contributed by atoms with Gasteiger partial charge in [0, 0.05) is 29.9 Å². The first-order valence-electron chi connectivity index (χ1n) is 6.58. The predicted octanol–water partition coefficient (Wildman–Crippen LogP) is 1.41. The third-order valence-electron chi connectivity index (χ3n) is 3.62. The van der Waals surface area contributed by atoms with Crippen molar-refractivity contribution in [2.75, 3.05) is 42.8 Å². The number of aliphatic hydroxyl groups excluding tert-OH is 2. The van der Waals surface area contributed by atoms with E-state index in [0.29, 0.717) is 19.8 Å². The molecule has 1 heterocycles. The second-order valence-electron chi connectivity index (χ2n) is 4.77. The minimum Gasteiger partial charge on any atom is -0.395 e. The van der Waals surface area contributed by atoms with Crippen LogP contribution in [0.1, 0.15) is 0 Å². The number of β-amino-alcohol motifs (C(OH)–C–C–N with tert-alkyl or cyclic N) is 2.